The van der Waals surface area contributed by atoms with Gasteiger partial charge < -0.3 is 10.1 Å². The van der Waals surface area contributed by atoms with E-state index in [0.717, 1.165) is 13.1 Å². The summed E-state index contributed by atoms with van der Waals surface area (Å²) in [5, 5.41) is 3.28. The maximum Gasteiger partial charge on any atom is 0.339 e. The van der Waals surface area contributed by atoms with Crippen molar-refractivity contribution < 1.29 is 17.9 Å². The fourth-order valence-electron chi connectivity index (χ4n) is 3.12. The molecule has 2 fully saturated rings. The highest BCUT2D eigenvalue weighted by Gasteiger charge is 2.42. The van der Waals surface area contributed by atoms with Gasteiger partial charge in [0.15, 0.2) is 0 Å². The van der Waals surface area contributed by atoms with Crippen molar-refractivity contribution in [2.75, 3.05) is 33.3 Å². The van der Waals surface area contributed by atoms with E-state index in [-0.39, 0.29) is 22.9 Å². The number of nitrogens with one attached hydrogen (secondary N) is 1. The molecule has 8 heteroatoms. The summed E-state index contributed by atoms with van der Waals surface area (Å²) in [5.74, 6) is 0.102. The standard InChI is InChI=1S/C14H18N2O4S.ClH/c1-20-14(17)12-4-2-3-5-13(12)21(18,19)16-8-10-6-15-7-11(10)9-16;/h2-5,10-11,15H,6-9H2,1H3;1H/t10-,11+;. The van der Waals surface area contributed by atoms with Gasteiger partial charge >= 0.3 is 5.97 Å². The number of hydrogen-bond acceptors (Lipinski definition) is 5. The molecule has 22 heavy (non-hydrogen) atoms. The SMILES string of the molecule is COC(=O)c1ccccc1S(=O)(=O)N1C[C@H]2CNC[C@H]2C1.Cl. The maximum atomic E-state index is 12.8. The quantitative estimate of drug-likeness (QED) is 0.817. The third-order valence-corrected chi connectivity index (χ3v) is 6.16. The molecule has 1 N–H and O–H groups in total. The molecule has 0 aliphatic carbocycles. The minimum Gasteiger partial charge on any atom is -0.465 e. The molecule has 3 rings (SSSR count). The summed E-state index contributed by atoms with van der Waals surface area (Å²) in [6.45, 7) is 2.73. The van der Waals surface area contributed by atoms with E-state index < -0.39 is 16.0 Å². The van der Waals surface area contributed by atoms with Crippen molar-refractivity contribution in [1.29, 1.82) is 0 Å². The molecule has 0 aromatic heterocycles. The molecule has 2 aliphatic rings. The summed E-state index contributed by atoms with van der Waals surface area (Å²) in [5.41, 5.74) is 0.0928. The Morgan fingerprint density at radius 1 is 1.23 bits per heavy atom. The second-order valence-corrected chi connectivity index (χ2v) is 7.39. The highest BCUT2D eigenvalue weighted by atomic mass is 35.5. The highest BCUT2D eigenvalue weighted by Crippen LogP contribution is 2.31. The normalized spacial score (nSPS) is 24.6. The van der Waals surface area contributed by atoms with Crippen LogP contribution in [-0.4, -0.2) is 52.0 Å². The average molecular weight is 347 g/mol. The van der Waals surface area contributed by atoms with Crippen LogP contribution in [-0.2, 0) is 14.8 Å². The van der Waals surface area contributed by atoms with E-state index in [1.807, 2.05) is 0 Å². The van der Waals surface area contributed by atoms with Gasteiger partial charge in [0.2, 0.25) is 10.0 Å². The zero-order chi connectivity index (χ0) is 15.0. The molecule has 1 aromatic rings. The van der Waals surface area contributed by atoms with Crippen LogP contribution in [0.1, 0.15) is 10.4 Å². The molecule has 0 spiro atoms. The van der Waals surface area contributed by atoms with E-state index in [2.05, 4.69) is 10.1 Å². The van der Waals surface area contributed by atoms with Crippen molar-refractivity contribution in [2.45, 2.75) is 4.90 Å². The lowest BCUT2D eigenvalue weighted by atomic mass is 10.0. The summed E-state index contributed by atoms with van der Waals surface area (Å²) in [6, 6.07) is 6.21. The third kappa shape index (κ3) is 2.86. The van der Waals surface area contributed by atoms with E-state index >= 15 is 0 Å². The summed E-state index contributed by atoms with van der Waals surface area (Å²) < 4.78 is 31.8. The van der Waals surface area contributed by atoms with Crippen molar-refractivity contribution in [2.24, 2.45) is 11.8 Å². The fourth-order valence-corrected chi connectivity index (χ4v) is 4.85. The largest absolute Gasteiger partial charge is 0.465 e. The number of nitrogens with zero attached hydrogens (tertiary/aromatic N) is 1. The monoisotopic (exact) mass is 346 g/mol. The molecule has 1 aromatic carbocycles. The first-order chi connectivity index (χ1) is 10.0. The summed E-state index contributed by atoms with van der Waals surface area (Å²) in [4.78, 5) is 11.8. The van der Waals surface area contributed by atoms with Gasteiger partial charge in [-0.2, -0.15) is 4.31 Å². The van der Waals surface area contributed by atoms with E-state index in [0.29, 0.717) is 24.9 Å². The van der Waals surface area contributed by atoms with Crippen LogP contribution in [0.15, 0.2) is 29.2 Å². The smallest absolute Gasteiger partial charge is 0.339 e. The molecule has 0 radical (unpaired) electrons. The zero-order valence-corrected chi connectivity index (χ0v) is 13.8. The number of halogens is 1. The number of carbonyl (C=O) groups is 1. The van der Waals surface area contributed by atoms with Crippen LogP contribution in [0.5, 0.6) is 0 Å². The Labute approximate surface area is 136 Å². The first-order valence-corrected chi connectivity index (χ1v) is 8.36. The highest BCUT2D eigenvalue weighted by molar-refractivity contribution is 7.89. The van der Waals surface area contributed by atoms with E-state index in [1.165, 1.54) is 23.5 Å². The number of ether oxygens (including phenoxy) is 1. The van der Waals surface area contributed by atoms with Crippen LogP contribution in [0.4, 0.5) is 0 Å². The van der Waals surface area contributed by atoms with E-state index in [1.54, 1.807) is 12.1 Å². The predicted molar refractivity (Wildman–Crippen MR) is 83.6 cm³/mol. The Morgan fingerprint density at radius 2 is 1.82 bits per heavy atom. The van der Waals surface area contributed by atoms with Gasteiger partial charge in [0.25, 0.3) is 0 Å². The second-order valence-electron chi connectivity index (χ2n) is 5.49. The minimum atomic E-state index is -3.66. The second kappa shape index (κ2) is 6.54. The van der Waals surface area contributed by atoms with Gasteiger partial charge in [0.1, 0.15) is 0 Å². The number of methoxy groups -OCH3 is 1. The average Bonchev–Trinajstić information content (AvgIpc) is 3.08. The number of rotatable bonds is 3. The maximum absolute atomic E-state index is 12.8. The topological polar surface area (TPSA) is 75.7 Å². The molecular formula is C14H19ClN2O4S. The van der Waals surface area contributed by atoms with Crippen molar-refractivity contribution in [3.63, 3.8) is 0 Å². The van der Waals surface area contributed by atoms with Gasteiger partial charge in [-0.05, 0) is 37.1 Å². The lowest BCUT2D eigenvalue weighted by Gasteiger charge is -2.19. The Morgan fingerprint density at radius 3 is 2.41 bits per heavy atom. The number of esters is 1. The number of hydrogen-bond donors (Lipinski definition) is 1. The first kappa shape index (κ1) is 17.2. The molecule has 122 valence electrons. The van der Waals surface area contributed by atoms with Gasteiger partial charge in [-0.3, -0.25) is 0 Å². The lowest BCUT2D eigenvalue weighted by molar-refractivity contribution is 0.0596. The summed E-state index contributed by atoms with van der Waals surface area (Å²) in [6.07, 6.45) is 0. The number of sulfonamides is 1. The molecular weight excluding hydrogens is 328 g/mol. The predicted octanol–water partition coefficient (Wildman–Crippen LogP) is 0.735. The van der Waals surface area contributed by atoms with Crippen molar-refractivity contribution in [3.8, 4) is 0 Å². The minimum absolute atomic E-state index is 0. The van der Waals surface area contributed by atoms with E-state index in [9.17, 15) is 13.2 Å². The Hall–Kier alpha value is -1.15. The Balaban J connectivity index is 0.00000176. The zero-order valence-electron chi connectivity index (χ0n) is 12.2. The van der Waals surface area contributed by atoms with Crippen LogP contribution in [0.25, 0.3) is 0 Å². The molecule has 0 amide bonds. The lowest BCUT2D eigenvalue weighted by Crippen LogP contribution is -2.33. The summed E-state index contributed by atoms with van der Waals surface area (Å²) >= 11 is 0. The third-order valence-electron chi connectivity index (χ3n) is 4.27. The fraction of sp³-hybridized carbons (Fsp3) is 0.500. The molecule has 0 bridgehead atoms. The van der Waals surface area contributed by atoms with E-state index in [4.69, 9.17) is 0 Å². The van der Waals surface area contributed by atoms with Gasteiger partial charge in [0.05, 0.1) is 17.6 Å². The first-order valence-electron chi connectivity index (χ1n) is 6.92. The Bertz CT molecular complexity index is 653. The van der Waals surface area contributed by atoms with Crippen LogP contribution < -0.4 is 5.32 Å². The summed E-state index contributed by atoms with van der Waals surface area (Å²) in [7, 11) is -2.41. The Kier molecular flexibility index (Phi) is 5.11. The molecule has 2 saturated heterocycles. The molecule has 2 atom stereocenters. The van der Waals surface area contributed by atoms with Crippen LogP contribution in [0.3, 0.4) is 0 Å². The van der Waals surface area contributed by atoms with Gasteiger partial charge in [-0.15, -0.1) is 12.4 Å². The molecule has 6 nitrogen and oxygen atoms in total. The van der Waals surface area contributed by atoms with Crippen LogP contribution in [0, 0.1) is 11.8 Å². The van der Waals surface area contributed by atoms with Gasteiger partial charge in [-0.25, -0.2) is 13.2 Å². The van der Waals surface area contributed by atoms with Gasteiger partial charge in [-0.1, -0.05) is 12.1 Å². The molecule has 2 aliphatic heterocycles. The number of fused-ring (bicyclic) bond motifs is 1. The molecule has 2 heterocycles. The molecule has 0 saturated carbocycles. The van der Waals surface area contributed by atoms with Crippen molar-refractivity contribution >= 4 is 28.4 Å². The number of carbonyl (C=O) groups excluding carboxylic acids is 1. The van der Waals surface area contributed by atoms with Crippen molar-refractivity contribution in [3.05, 3.63) is 29.8 Å². The van der Waals surface area contributed by atoms with Crippen LogP contribution >= 0.6 is 12.4 Å². The van der Waals surface area contributed by atoms with Crippen LogP contribution in [0.2, 0.25) is 0 Å². The van der Waals surface area contributed by atoms with Gasteiger partial charge in [0, 0.05) is 13.1 Å². The van der Waals surface area contributed by atoms with Crippen molar-refractivity contribution in [1.82, 2.24) is 9.62 Å². The number of benzene rings is 1. The molecule has 0 unspecified atom stereocenters.